The maximum atomic E-state index is 12.3. The molecule has 98 valence electrons. The minimum Gasteiger partial charge on any atom is -0.281 e. The first-order chi connectivity index (χ1) is 8.56. The van der Waals surface area contributed by atoms with Crippen molar-refractivity contribution in [1.82, 2.24) is 14.6 Å². The van der Waals surface area contributed by atoms with E-state index in [9.17, 15) is 8.42 Å². The molecule has 0 saturated heterocycles. The van der Waals surface area contributed by atoms with Crippen LogP contribution in [0.25, 0.3) is 5.65 Å². The minimum atomic E-state index is -3.37. The highest BCUT2D eigenvalue weighted by Gasteiger charge is 2.22. The van der Waals surface area contributed by atoms with Gasteiger partial charge in [-0.05, 0) is 12.5 Å². The van der Waals surface area contributed by atoms with Crippen molar-refractivity contribution >= 4 is 27.7 Å². The molecule has 0 radical (unpaired) electrons. The van der Waals surface area contributed by atoms with Gasteiger partial charge in [0.25, 0.3) is 0 Å². The number of nitrogens with one attached hydrogen (secondary N) is 1. The summed E-state index contributed by atoms with van der Waals surface area (Å²) in [6, 6.07) is 1.71. The number of H-pyrrole nitrogens is 1. The topological polar surface area (TPSA) is 67.2 Å². The Morgan fingerprint density at radius 2 is 2.22 bits per heavy atom. The van der Waals surface area contributed by atoms with Gasteiger partial charge in [-0.15, -0.1) is 0 Å². The Balaban J connectivity index is 2.47. The number of aromatic nitrogens is 3. The molecule has 2 aromatic rings. The summed E-state index contributed by atoms with van der Waals surface area (Å²) in [7, 11) is -3.37. The van der Waals surface area contributed by atoms with Crippen LogP contribution in [0.3, 0.4) is 0 Å². The molecule has 7 heteroatoms. The second kappa shape index (κ2) is 5.19. The summed E-state index contributed by atoms with van der Waals surface area (Å²) in [4.78, 5) is 4.23. The summed E-state index contributed by atoms with van der Waals surface area (Å²) in [5.74, 6) is 0.120. The van der Waals surface area contributed by atoms with Crippen molar-refractivity contribution in [2.45, 2.75) is 31.1 Å². The van der Waals surface area contributed by atoms with Gasteiger partial charge in [0.15, 0.2) is 15.5 Å². The number of hydrogen-bond acceptors (Lipinski definition) is 4. The summed E-state index contributed by atoms with van der Waals surface area (Å²) >= 11 is 5.08. The van der Waals surface area contributed by atoms with Crippen molar-refractivity contribution in [3.05, 3.63) is 23.1 Å². The largest absolute Gasteiger partial charge is 0.281 e. The molecular formula is C11H15N3O2S2. The zero-order valence-corrected chi connectivity index (χ0v) is 11.7. The minimum absolute atomic E-state index is 0.120. The van der Waals surface area contributed by atoms with Crippen molar-refractivity contribution in [2.75, 3.05) is 5.75 Å². The lowest BCUT2D eigenvalue weighted by Crippen LogP contribution is -2.07. The maximum absolute atomic E-state index is 12.3. The second-order valence-electron chi connectivity index (χ2n) is 4.11. The Bertz CT molecular complexity index is 700. The molecule has 2 rings (SSSR count). The van der Waals surface area contributed by atoms with Crippen LogP contribution in [-0.2, 0) is 9.84 Å². The molecule has 18 heavy (non-hydrogen) atoms. The van der Waals surface area contributed by atoms with Gasteiger partial charge in [-0.1, -0.05) is 32.0 Å². The van der Waals surface area contributed by atoms with Gasteiger partial charge < -0.3 is 0 Å². The van der Waals surface area contributed by atoms with Crippen molar-refractivity contribution in [1.29, 1.82) is 0 Å². The van der Waals surface area contributed by atoms with E-state index in [0.29, 0.717) is 12.1 Å². The Morgan fingerprint density at radius 3 is 2.94 bits per heavy atom. The standard InChI is InChI=1S/C11H15N3O2S2/c1-2-3-4-8-18(15,16)9-10-12-6-5-7-14(10)13-11(9)17/h5-7H,2-4,8H2,1H3,(H,13,17). The fourth-order valence-corrected chi connectivity index (χ4v) is 3.93. The number of rotatable bonds is 5. The van der Waals surface area contributed by atoms with Gasteiger partial charge in [-0.3, -0.25) is 5.10 Å². The van der Waals surface area contributed by atoms with E-state index in [-0.39, 0.29) is 15.3 Å². The third-order valence-electron chi connectivity index (χ3n) is 2.71. The molecule has 0 aliphatic carbocycles. The quantitative estimate of drug-likeness (QED) is 0.676. The average Bonchev–Trinajstić information content (AvgIpc) is 2.65. The first-order valence-corrected chi connectivity index (χ1v) is 7.90. The Kier molecular flexibility index (Phi) is 3.82. The van der Waals surface area contributed by atoms with Crippen LogP contribution in [0.2, 0.25) is 0 Å². The molecule has 0 unspecified atom stereocenters. The van der Waals surface area contributed by atoms with Gasteiger partial charge in [0.2, 0.25) is 0 Å². The molecule has 0 aliphatic heterocycles. The van der Waals surface area contributed by atoms with Crippen LogP contribution in [0.4, 0.5) is 0 Å². The predicted octanol–water partition coefficient (Wildman–Crippen LogP) is 2.36. The van der Waals surface area contributed by atoms with E-state index >= 15 is 0 Å². The van der Waals surface area contributed by atoms with Gasteiger partial charge in [0, 0.05) is 12.4 Å². The first kappa shape index (κ1) is 13.2. The highest BCUT2D eigenvalue weighted by molar-refractivity contribution is 7.92. The van der Waals surface area contributed by atoms with Crippen molar-refractivity contribution in [3.63, 3.8) is 0 Å². The lowest BCUT2D eigenvalue weighted by Gasteiger charge is -2.01. The maximum Gasteiger partial charge on any atom is 0.185 e. The number of hydrogen-bond donors (Lipinski definition) is 1. The van der Waals surface area contributed by atoms with Gasteiger partial charge in [0.1, 0.15) is 9.54 Å². The van der Waals surface area contributed by atoms with E-state index in [0.717, 1.165) is 12.8 Å². The zero-order valence-electron chi connectivity index (χ0n) is 10.1. The Hall–Kier alpha value is -1.21. The van der Waals surface area contributed by atoms with Gasteiger partial charge in [-0.25, -0.2) is 17.9 Å². The normalized spacial score (nSPS) is 12.1. The van der Waals surface area contributed by atoms with Gasteiger partial charge in [0.05, 0.1) is 5.75 Å². The third-order valence-corrected chi connectivity index (χ3v) is 4.96. The fourth-order valence-electron chi connectivity index (χ4n) is 1.82. The van der Waals surface area contributed by atoms with Crippen LogP contribution in [0.1, 0.15) is 26.2 Å². The summed E-state index contributed by atoms with van der Waals surface area (Å²) in [5.41, 5.74) is 0.374. The lowest BCUT2D eigenvalue weighted by atomic mass is 10.3. The van der Waals surface area contributed by atoms with Gasteiger partial charge in [-0.2, -0.15) is 0 Å². The van der Waals surface area contributed by atoms with E-state index in [1.165, 1.54) is 4.52 Å². The first-order valence-electron chi connectivity index (χ1n) is 5.84. The fraction of sp³-hybridized carbons (Fsp3) is 0.455. The van der Waals surface area contributed by atoms with E-state index in [1.54, 1.807) is 18.5 Å². The summed E-state index contributed by atoms with van der Waals surface area (Å²) in [6.07, 6.45) is 5.79. The van der Waals surface area contributed by atoms with Gasteiger partial charge >= 0.3 is 0 Å². The number of sulfone groups is 1. The summed E-state index contributed by atoms with van der Waals surface area (Å²) in [5, 5.41) is 2.81. The van der Waals surface area contributed by atoms with Crippen LogP contribution in [0.5, 0.6) is 0 Å². The molecule has 0 atom stereocenters. The average molecular weight is 285 g/mol. The summed E-state index contributed by atoms with van der Waals surface area (Å²) in [6.45, 7) is 2.04. The highest BCUT2D eigenvalue weighted by Crippen LogP contribution is 2.19. The van der Waals surface area contributed by atoms with E-state index in [4.69, 9.17) is 12.2 Å². The molecule has 0 amide bonds. The zero-order chi connectivity index (χ0) is 13.2. The number of nitrogens with zero attached hydrogens (tertiary/aromatic N) is 2. The molecule has 0 aliphatic rings. The molecule has 2 aromatic heterocycles. The van der Waals surface area contributed by atoms with Crippen LogP contribution < -0.4 is 0 Å². The van der Waals surface area contributed by atoms with Crippen LogP contribution >= 0.6 is 12.2 Å². The number of aromatic amines is 1. The molecule has 0 saturated carbocycles. The van der Waals surface area contributed by atoms with Crippen molar-refractivity contribution < 1.29 is 8.42 Å². The smallest absolute Gasteiger partial charge is 0.185 e. The van der Waals surface area contributed by atoms with Crippen LogP contribution in [0, 0.1) is 4.64 Å². The number of fused-ring (bicyclic) bond motifs is 1. The molecule has 0 fully saturated rings. The van der Waals surface area contributed by atoms with E-state index in [2.05, 4.69) is 10.1 Å². The molecular weight excluding hydrogens is 270 g/mol. The molecule has 1 N–H and O–H groups in total. The Labute approximate surface area is 111 Å². The second-order valence-corrected chi connectivity index (χ2v) is 6.56. The van der Waals surface area contributed by atoms with Crippen LogP contribution in [-0.4, -0.2) is 28.8 Å². The molecule has 0 aromatic carbocycles. The molecule has 2 heterocycles. The lowest BCUT2D eigenvalue weighted by molar-refractivity contribution is 0.591. The molecule has 5 nitrogen and oxygen atoms in total. The van der Waals surface area contributed by atoms with Crippen molar-refractivity contribution in [2.24, 2.45) is 0 Å². The molecule has 0 spiro atoms. The van der Waals surface area contributed by atoms with E-state index < -0.39 is 9.84 Å². The van der Waals surface area contributed by atoms with Crippen molar-refractivity contribution in [3.8, 4) is 0 Å². The SMILES string of the molecule is CCCCCS(=O)(=O)c1c(=S)[nH]n2cccnc12. The predicted molar refractivity (Wildman–Crippen MR) is 72.0 cm³/mol. The monoisotopic (exact) mass is 285 g/mol. The summed E-state index contributed by atoms with van der Waals surface area (Å²) < 4.78 is 26.3. The highest BCUT2D eigenvalue weighted by atomic mass is 32.2. The van der Waals surface area contributed by atoms with E-state index in [1.807, 2.05) is 6.92 Å². The Morgan fingerprint density at radius 1 is 1.44 bits per heavy atom. The third kappa shape index (κ3) is 2.46. The number of unbranched alkanes of at least 4 members (excludes halogenated alkanes) is 2. The van der Waals surface area contributed by atoms with Crippen LogP contribution in [0.15, 0.2) is 23.4 Å². The molecule has 0 bridgehead atoms.